The van der Waals surface area contributed by atoms with Crippen LogP contribution >= 0.6 is 0 Å². The summed E-state index contributed by atoms with van der Waals surface area (Å²) in [6.45, 7) is 8.44. The molecule has 1 aliphatic carbocycles. The van der Waals surface area contributed by atoms with Gasteiger partial charge in [-0.05, 0) is 80.8 Å². The van der Waals surface area contributed by atoms with Crippen LogP contribution in [0.25, 0.3) is 22.2 Å². The van der Waals surface area contributed by atoms with Gasteiger partial charge >= 0.3 is 0 Å². The van der Waals surface area contributed by atoms with Crippen LogP contribution in [-0.2, 0) is 4.79 Å². The molecular weight excluding hydrogens is 384 g/mol. The van der Waals surface area contributed by atoms with Gasteiger partial charge in [0.2, 0.25) is 5.91 Å². The summed E-state index contributed by atoms with van der Waals surface area (Å²) in [4.78, 5) is 20.9. The average Bonchev–Trinajstić information content (AvgIpc) is 3.12. The van der Waals surface area contributed by atoms with Crippen molar-refractivity contribution in [3.8, 4) is 11.3 Å². The fourth-order valence-electron chi connectivity index (χ4n) is 4.86. The summed E-state index contributed by atoms with van der Waals surface area (Å²) in [7, 11) is 0. The molecule has 2 aromatic heterocycles. The third-order valence-corrected chi connectivity index (χ3v) is 6.58. The molecule has 0 aliphatic heterocycles. The van der Waals surface area contributed by atoms with Crippen LogP contribution in [0.4, 0.5) is 0 Å². The first-order valence-electron chi connectivity index (χ1n) is 11.5. The van der Waals surface area contributed by atoms with Gasteiger partial charge in [0, 0.05) is 40.4 Å². The second kappa shape index (κ2) is 8.83. The van der Waals surface area contributed by atoms with Crippen LogP contribution in [0.2, 0.25) is 0 Å². The number of hydrogen-bond acceptors (Lipinski definition) is 3. The Balaban J connectivity index is 1.65. The summed E-state index contributed by atoms with van der Waals surface area (Å²) in [5, 5.41) is 4.43. The molecule has 3 aromatic rings. The van der Waals surface area contributed by atoms with Gasteiger partial charge in [-0.25, -0.2) is 0 Å². The van der Waals surface area contributed by atoms with E-state index in [1.54, 1.807) is 0 Å². The Morgan fingerprint density at radius 3 is 2.71 bits per heavy atom. The molecule has 31 heavy (non-hydrogen) atoms. The molecule has 1 saturated carbocycles. The van der Waals surface area contributed by atoms with E-state index in [9.17, 15) is 4.79 Å². The number of nitrogens with zero attached hydrogens (tertiary/aromatic N) is 1. The van der Waals surface area contributed by atoms with Crippen LogP contribution in [0.5, 0.6) is 0 Å². The Kier molecular flexibility index (Phi) is 6.15. The van der Waals surface area contributed by atoms with Crippen molar-refractivity contribution >= 4 is 16.8 Å². The highest BCUT2D eigenvalue weighted by molar-refractivity contribution is 5.93. The molecule has 1 aromatic carbocycles. The van der Waals surface area contributed by atoms with Crippen LogP contribution in [0, 0.1) is 6.92 Å². The fraction of sp³-hybridized carbons (Fsp3) is 0.462. The van der Waals surface area contributed by atoms with Gasteiger partial charge in [0.1, 0.15) is 0 Å². The summed E-state index contributed by atoms with van der Waals surface area (Å²) in [5.41, 5.74) is 12.8. The van der Waals surface area contributed by atoms with Crippen LogP contribution in [0.1, 0.15) is 75.1 Å². The van der Waals surface area contributed by atoms with Crippen molar-refractivity contribution in [1.29, 1.82) is 0 Å². The third kappa shape index (κ3) is 4.52. The summed E-state index contributed by atoms with van der Waals surface area (Å²) in [6, 6.07) is 10.9. The second-order valence-corrected chi connectivity index (χ2v) is 9.41. The van der Waals surface area contributed by atoms with Crippen molar-refractivity contribution in [3.05, 3.63) is 53.3 Å². The maximum absolute atomic E-state index is 13.0. The number of nitrogens with two attached hydrogens (primary N) is 1. The van der Waals surface area contributed by atoms with E-state index in [-0.39, 0.29) is 23.9 Å². The molecule has 0 saturated heterocycles. The molecule has 5 heteroatoms. The molecule has 2 heterocycles. The fourth-order valence-corrected chi connectivity index (χ4v) is 4.86. The lowest BCUT2D eigenvalue weighted by molar-refractivity contribution is -0.123. The van der Waals surface area contributed by atoms with E-state index < -0.39 is 0 Å². The predicted molar refractivity (Wildman–Crippen MR) is 127 cm³/mol. The lowest BCUT2D eigenvalue weighted by atomic mass is 9.90. The zero-order valence-corrected chi connectivity index (χ0v) is 19.0. The zero-order valence-electron chi connectivity index (χ0n) is 19.0. The Bertz CT molecular complexity index is 1080. The van der Waals surface area contributed by atoms with Crippen molar-refractivity contribution in [3.63, 3.8) is 0 Å². The third-order valence-electron chi connectivity index (χ3n) is 6.58. The van der Waals surface area contributed by atoms with Crippen molar-refractivity contribution in [2.45, 2.75) is 77.3 Å². The summed E-state index contributed by atoms with van der Waals surface area (Å²) < 4.78 is 0. The van der Waals surface area contributed by atoms with E-state index in [0.29, 0.717) is 5.92 Å². The van der Waals surface area contributed by atoms with Crippen molar-refractivity contribution in [2.24, 2.45) is 5.73 Å². The van der Waals surface area contributed by atoms with Gasteiger partial charge in [0.05, 0.1) is 11.6 Å². The molecule has 3 unspecified atom stereocenters. The molecule has 1 fully saturated rings. The van der Waals surface area contributed by atoms with Gasteiger partial charge in [-0.3, -0.25) is 9.78 Å². The highest BCUT2D eigenvalue weighted by Crippen LogP contribution is 2.37. The van der Waals surface area contributed by atoms with Crippen LogP contribution in [-0.4, -0.2) is 28.0 Å². The first-order chi connectivity index (χ1) is 14.8. The quantitative estimate of drug-likeness (QED) is 0.536. The van der Waals surface area contributed by atoms with Gasteiger partial charge in [0.15, 0.2) is 0 Å². The number of carbonyl (C=O) groups excluding carboxylic acids is 1. The van der Waals surface area contributed by atoms with E-state index in [2.05, 4.69) is 59.5 Å². The van der Waals surface area contributed by atoms with E-state index >= 15 is 0 Å². The average molecular weight is 419 g/mol. The number of carbonyl (C=O) groups is 1. The van der Waals surface area contributed by atoms with Crippen LogP contribution in [0.3, 0.4) is 0 Å². The molecule has 3 atom stereocenters. The number of nitrogens with one attached hydrogen (secondary N) is 2. The molecule has 1 aliphatic rings. The van der Waals surface area contributed by atoms with Gasteiger partial charge < -0.3 is 16.0 Å². The van der Waals surface area contributed by atoms with Gasteiger partial charge in [-0.2, -0.15) is 0 Å². The van der Waals surface area contributed by atoms with E-state index in [0.717, 1.165) is 53.7 Å². The highest BCUT2D eigenvalue weighted by atomic mass is 16.1. The number of fused-ring (bicyclic) bond motifs is 1. The highest BCUT2D eigenvalue weighted by Gasteiger charge is 2.24. The lowest BCUT2D eigenvalue weighted by Gasteiger charge is -2.28. The van der Waals surface area contributed by atoms with Crippen molar-refractivity contribution in [2.75, 3.05) is 0 Å². The van der Waals surface area contributed by atoms with E-state index in [1.165, 1.54) is 10.9 Å². The van der Waals surface area contributed by atoms with Crippen LogP contribution < -0.4 is 11.1 Å². The number of aryl methyl sites for hydroxylation is 1. The maximum atomic E-state index is 13.0. The number of rotatable bonds is 5. The van der Waals surface area contributed by atoms with E-state index in [4.69, 9.17) is 5.73 Å². The monoisotopic (exact) mass is 418 g/mol. The number of hydrogen-bond donors (Lipinski definition) is 3. The van der Waals surface area contributed by atoms with Crippen LogP contribution in [0.15, 0.2) is 36.5 Å². The van der Waals surface area contributed by atoms with Gasteiger partial charge in [-0.1, -0.05) is 19.9 Å². The first-order valence-corrected chi connectivity index (χ1v) is 11.5. The molecule has 4 N–H and O–H groups in total. The normalized spacial score (nSPS) is 20.2. The molecule has 0 bridgehead atoms. The number of pyridine rings is 1. The number of aromatic amines is 1. The molecule has 164 valence electrons. The smallest absolute Gasteiger partial charge is 0.227 e. The number of amides is 1. The lowest BCUT2D eigenvalue weighted by Crippen LogP contribution is -2.43. The summed E-state index contributed by atoms with van der Waals surface area (Å²) in [5.74, 6) is 0.231. The minimum Gasteiger partial charge on any atom is -0.354 e. The molecular formula is C26H34N4O. The maximum Gasteiger partial charge on any atom is 0.227 e. The van der Waals surface area contributed by atoms with Gasteiger partial charge in [0.25, 0.3) is 0 Å². The molecule has 0 radical (unpaired) electrons. The topological polar surface area (TPSA) is 83.8 Å². The van der Waals surface area contributed by atoms with Crippen molar-refractivity contribution < 1.29 is 4.79 Å². The van der Waals surface area contributed by atoms with E-state index in [1.807, 2.05) is 20.0 Å². The molecule has 0 spiro atoms. The first kappa shape index (κ1) is 21.6. The Hall–Kier alpha value is -2.66. The standard InChI is InChI=1S/C26H34N4O/c1-15(2)24-22-13-18(17(4)26(31)29-21-7-5-6-20(27)14-21)8-9-23(22)30-25(24)19-10-11-28-16(3)12-19/h8-13,15,17,20-21,30H,5-7,14,27H2,1-4H3,(H,29,31). The van der Waals surface area contributed by atoms with Gasteiger partial charge in [-0.15, -0.1) is 0 Å². The minimum absolute atomic E-state index is 0.0880. The molecule has 4 rings (SSSR count). The number of aromatic nitrogens is 2. The SMILES string of the molecule is Cc1cc(-c2[nH]c3ccc(C(C)C(=O)NC4CCCC(N)C4)cc3c2C(C)C)ccn1. The second-order valence-electron chi connectivity index (χ2n) is 9.41. The zero-order chi connectivity index (χ0) is 22.1. The predicted octanol–water partition coefficient (Wildman–Crippen LogP) is 5.15. The molecule has 1 amide bonds. The minimum atomic E-state index is -0.205. The summed E-state index contributed by atoms with van der Waals surface area (Å²) >= 11 is 0. The number of benzene rings is 1. The molecule has 5 nitrogen and oxygen atoms in total. The Morgan fingerprint density at radius 1 is 1.19 bits per heavy atom. The Labute approximate surface area is 184 Å². The summed E-state index contributed by atoms with van der Waals surface area (Å²) in [6.07, 6.45) is 5.90. The number of H-pyrrole nitrogens is 1. The largest absolute Gasteiger partial charge is 0.354 e. The van der Waals surface area contributed by atoms with Crippen molar-refractivity contribution in [1.82, 2.24) is 15.3 Å². The Morgan fingerprint density at radius 2 is 2.00 bits per heavy atom.